The highest BCUT2D eigenvalue weighted by Crippen LogP contribution is 2.27. The summed E-state index contributed by atoms with van der Waals surface area (Å²) < 4.78 is 38.3. The summed E-state index contributed by atoms with van der Waals surface area (Å²) in [5.41, 5.74) is 6.09. The maximum Gasteiger partial charge on any atom is 0.400 e. The smallest absolute Gasteiger partial charge is 0.400 e. The van der Waals surface area contributed by atoms with Gasteiger partial charge in [-0.2, -0.15) is 13.2 Å². The molecule has 0 aliphatic carbocycles. The second-order valence-corrected chi connectivity index (χ2v) is 4.49. The summed E-state index contributed by atoms with van der Waals surface area (Å²) in [4.78, 5) is 5.36. The fraction of sp³-hybridized carbons (Fsp3) is 0.500. The van der Waals surface area contributed by atoms with Gasteiger partial charge in [-0.05, 0) is 31.2 Å². The van der Waals surface area contributed by atoms with Gasteiger partial charge in [-0.15, -0.1) is 0 Å². The van der Waals surface area contributed by atoms with E-state index in [0.717, 1.165) is 5.56 Å². The average Bonchev–Trinajstić information content (AvgIpc) is 2.41. The molecule has 1 aromatic rings. The molecule has 5 nitrogen and oxygen atoms in total. The van der Waals surface area contributed by atoms with Gasteiger partial charge in [0, 0.05) is 25.5 Å². The number of pyridine rings is 1. The summed E-state index contributed by atoms with van der Waals surface area (Å²) in [6.45, 7) is 0.0692. The van der Waals surface area contributed by atoms with Gasteiger partial charge in [-0.25, -0.2) is 0 Å². The molecule has 20 heavy (non-hydrogen) atoms. The van der Waals surface area contributed by atoms with Crippen molar-refractivity contribution in [2.75, 3.05) is 20.1 Å². The number of nitrogens with zero attached hydrogens (tertiary/aromatic N) is 3. The van der Waals surface area contributed by atoms with Crippen LogP contribution in [0.5, 0.6) is 0 Å². The van der Waals surface area contributed by atoms with Crippen LogP contribution in [-0.4, -0.2) is 47.2 Å². The molecular weight excluding hydrogens is 273 g/mol. The second-order valence-electron chi connectivity index (χ2n) is 4.49. The van der Waals surface area contributed by atoms with Gasteiger partial charge in [0.05, 0.1) is 0 Å². The summed E-state index contributed by atoms with van der Waals surface area (Å²) in [5, 5.41) is 10.9. The monoisotopic (exact) mass is 290 g/mol. The minimum absolute atomic E-state index is 0.357. The van der Waals surface area contributed by atoms with Crippen LogP contribution in [0.15, 0.2) is 29.7 Å². The number of halogens is 3. The van der Waals surface area contributed by atoms with Gasteiger partial charge in [0.1, 0.15) is 5.92 Å². The van der Waals surface area contributed by atoms with E-state index in [-0.39, 0.29) is 6.54 Å². The summed E-state index contributed by atoms with van der Waals surface area (Å²) >= 11 is 0. The predicted octanol–water partition coefficient (Wildman–Crippen LogP) is 1.48. The van der Waals surface area contributed by atoms with Crippen LogP contribution in [0.25, 0.3) is 0 Å². The molecule has 0 saturated carbocycles. The quantitative estimate of drug-likeness (QED) is 0.360. The van der Waals surface area contributed by atoms with E-state index >= 15 is 0 Å². The fourth-order valence-corrected chi connectivity index (χ4v) is 1.71. The molecule has 3 N–H and O–H groups in total. The predicted molar refractivity (Wildman–Crippen MR) is 68.4 cm³/mol. The largest absolute Gasteiger partial charge is 0.409 e. The molecule has 1 atom stereocenters. The molecule has 0 fully saturated rings. The maximum absolute atomic E-state index is 12.8. The Bertz CT molecular complexity index is 436. The Labute approximate surface area is 114 Å². The van der Waals surface area contributed by atoms with Crippen LogP contribution < -0.4 is 5.73 Å². The van der Waals surface area contributed by atoms with E-state index in [1.807, 2.05) is 0 Å². The number of likely N-dealkylation sites (N-methyl/N-ethyl adjacent to an activating group) is 1. The van der Waals surface area contributed by atoms with Crippen molar-refractivity contribution in [2.24, 2.45) is 16.8 Å². The SMILES string of the molecule is CN(CCc1ccncc1)CC(/C(N)=N/O)C(F)(F)F. The van der Waals surface area contributed by atoms with Gasteiger partial charge in [0.15, 0.2) is 5.84 Å². The highest BCUT2D eigenvalue weighted by Gasteiger charge is 2.43. The van der Waals surface area contributed by atoms with Crippen LogP contribution in [0.3, 0.4) is 0 Å². The summed E-state index contributed by atoms with van der Waals surface area (Å²) in [5.74, 6) is -2.80. The van der Waals surface area contributed by atoms with Crippen molar-refractivity contribution >= 4 is 5.84 Å². The van der Waals surface area contributed by atoms with Gasteiger partial charge in [-0.3, -0.25) is 4.98 Å². The van der Waals surface area contributed by atoms with Gasteiger partial charge >= 0.3 is 6.18 Å². The number of alkyl halides is 3. The standard InChI is InChI=1S/C12H17F3N4O/c1-19(7-4-9-2-5-17-6-3-9)8-10(11(16)18-20)12(13,14)15/h2-3,5-6,10,20H,4,7-8H2,1H3,(H2,16,18). The first-order chi connectivity index (χ1) is 9.34. The molecule has 0 aliphatic rings. The molecule has 0 bridgehead atoms. The first-order valence-corrected chi connectivity index (χ1v) is 5.96. The molecule has 0 radical (unpaired) electrons. The zero-order valence-electron chi connectivity index (χ0n) is 11.0. The number of hydrogen-bond donors (Lipinski definition) is 2. The van der Waals surface area contributed by atoms with E-state index < -0.39 is 17.9 Å². The van der Waals surface area contributed by atoms with Crippen LogP contribution in [0, 0.1) is 5.92 Å². The van der Waals surface area contributed by atoms with Gasteiger partial charge in [0.25, 0.3) is 0 Å². The summed E-state index contributed by atoms with van der Waals surface area (Å²) in [6, 6.07) is 3.61. The molecule has 1 heterocycles. The molecule has 0 spiro atoms. The molecule has 0 aliphatic heterocycles. The number of nitrogens with two attached hydrogens (primary N) is 1. The van der Waals surface area contributed by atoms with Crippen LogP contribution >= 0.6 is 0 Å². The Kier molecular flexibility index (Phi) is 5.75. The molecule has 0 aromatic carbocycles. The van der Waals surface area contributed by atoms with Crippen molar-refractivity contribution in [3.05, 3.63) is 30.1 Å². The van der Waals surface area contributed by atoms with Crippen molar-refractivity contribution < 1.29 is 18.4 Å². The van der Waals surface area contributed by atoms with Crippen molar-refractivity contribution in [3.8, 4) is 0 Å². The Hall–Kier alpha value is -1.83. The van der Waals surface area contributed by atoms with Crippen LogP contribution in [0.1, 0.15) is 5.56 Å². The molecule has 1 unspecified atom stereocenters. The highest BCUT2D eigenvalue weighted by atomic mass is 19.4. The minimum atomic E-state index is -4.54. The second kappa shape index (κ2) is 7.09. The van der Waals surface area contributed by atoms with Crippen LogP contribution in [0.2, 0.25) is 0 Å². The van der Waals surface area contributed by atoms with E-state index in [1.165, 1.54) is 4.90 Å². The summed E-state index contributed by atoms with van der Waals surface area (Å²) in [6.07, 6.45) is -0.685. The van der Waals surface area contributed by atoms with E-state index in [0.29, 0.717) is 13.0 Å². The van der Waals surface area contributed by atoms with E-state index in [9.17, 15) is 13.2 Å². The van der Waals surface area contributed by atoms with Crippen molar-refractivity contribution in [3.63, 3.8) is 0 Å². The number of oxime groups is 1. The molecule has 1 aromatic heterocycles. The molecular formula is C12H17F3N4O. The molecule has 8 heteroatoms. The van der Waals surface area contributed by atoms with E-state index in [2.05, 4.69) is 10.1 Å². The number of amidine groups is 1. The van der Waals surface area contributed by atoms with Crippen molar-refractivity contribution in [2.45, 2.75) is 12.6 Å². The van der Waals surface area contributed by atoms with Gasteiger partial charge in [-0.1, -0.05) is 5.16 Å². The van der Waals surface area contributed by atoms with Crippen LogP contribution in [0.4, 0.5) is 13.2 Å². The van der Waals surface area contributed by atoms with Crippen molar-refractivity contribution in [1.29, 1.82) is 0 Å². The lowest BCUT2D eigenvalue weighted by atomic mass is 10.1. The van der Waals surface area contributed by atoms with E-state index in [4.69, 9.17) is 10.9 Å². The average molecular weight is 290 g/mol. The third kappa shape index (κ3) is 5.04. The third-order valence-electron chi connectivity index (χ3n) is 2.89. The highest BCUT2D eigenvalue weighted by molar-refractivity contribution is 5.83. The molecule has 112 valence electrons. The Morgan fingerprint density at radius 3 is 2.55 bits per heavy atom. The first-order valence-electron chi connectivity index (χ1n) is 5.96. The van der Waals surface area contributed by atoms with Gasteiger partial charge < -0.3 is 15.8 Å². The first kappa shape index (κ1) is 16.2. The lowest BCUT2D eigenvalue weighted by Gasteiger charge is -2.25. The summed E-state index contributed by atoms with van der Waals surface area (Å²) in [7, 11) is 1.56. The normalized spacial score (nSPS) is 14.6. The third-order valence-corrected chi connectivity index (χ3v) is 2.89. The zero-order valence-corrected chi connectivity index (χ0v) is 11.0. The Morgan fingerprint density at radius 1 is 1.45 bits per heavy atom. The number of hydrogen-bond acceptors (Lipinski definition) is 4. The zero-order chi connectivity index (χ0) is 15.2. The number of aromatic nitrogens is 1. The molecule has 1 rings (SSSR count). The Balaban J connectivity index is 2.57. The minimum Gasteiger partial charge on any atom is -0.409 e. The van der Waals surface area contributed by atoms with Gasteiger partial charge in [0.2, 0.25) is 0 Å². The topological polar surface area (TPSA) is 74.7 Å². The lowest BCUT2D eigenvalue weighted by molar-refractivity contribution is -0.159. The Morgan fingerprint density at radius 2 is 2.05 bits per heavy atom. The maximum atomic E-state index is 12.8. The number of rotatable bonds is 6. The van der Waals surface area contributed by atoms with E-state index in [1.54, 1.807) is 31.6 Å². The fourth-order valence-electron chi connectivity index (χ4n) is 1.71. The molecule has 0 amide bonds. The van der Waals surface area contributed by atoms with Crippen LogP contribution in [-0.2, 0) is 6.42 Å². The van der Waals surface area contributed by atoms with Crippen molar-refractivity contribution in [1.82, 2.24) is 9.88 Å². The molecule has 0 saturated heterocycles. The lowest BCUT2D eigenvalue weighted by Crippen LogP contribution is -2.43.